The van der Waals surface area contributed by atoms with Crippen molar-refractivity contribution < 1.29 is 0 Å². The summed E-state index contributed by atoms with van der Waals surface area (Å²) in [6, 6.07) is 1.49. The average Bonchev–Trinajstić information content (AvgIpc) is 2.53. The van der Waals surface area contributed by atoms with E-state index < -0.39 is 0 Å². The van der Waals surface area contributed by atoms with Gasteiger partial charge in [0.2, 0.25) is 0 Å². The van der Waals surface area contributed by atoms with Gasteiger partial charge in [-0.1, -0.05) is 23.2 Å². The molecule has 0 aromatic carbocycles. The fourth-order valence-electron chi connectivity index (χ4n) is 1.04. The van der Waals surface area contributed by atoms with Gasteiger partial charge in [0.15, 0.2) is 11.7 Å². The van der Waals surface area contributed by atoms with Crippen molar-refractivity contribution in [3.8, 4) is 0 Å². The van der Waals surface area contributed by atoms with Crippen LogP contribution in [0.3, 0.4) is 0 Å². The van der Waals surface area contributed by atoms with Crippen molar-refractivity contribution in [1.82, 2.24) is 15.3 Å². The standard InChI is InChI=1S/C7H6Cl2N4/c8-4-3-5(9)13-7(12-4)6-10-1-2-11-6/h3H,1-2H2,(H,10,11). The number of amidine groups is 1. The van der Waals surface area contributed by atoms with Gasteiger partial charge in [-0.2, -0.15) is 0 Å². The number of nitrogens with one attached hydrogen (secondary N) is 1. The van der Waals surface area contributed by atoms with Crippen LogP contribution in [0.4, 0.5) is 0 Å². The minimum absolute atomic E-state index is 0.325. The second-order valence-corrected chi connectivity index (χ2v) is 3.27. The van der Waals surface area contributed by atoms with Gasteiger partial charge in [0.1, 0.15) is 10.3 Å². The summed E-state index contributed by atoms with van der Waals surface area (Å²) >= 11 is 11.4. The summed E-state index contributed by atoms with van der Waals surface area (Å²) in [4.78, 5) is 12.1. The van der Waals surface area contributed by atoms with Crippen molar-refractivity contribution in [2.75, 3.05) is 13.1 Å². The topological polar surface area (TPSA) is 50.2 Å². The van der Waals surface area contributed by atoms with Gasteiger partial charge >= 0.3 is 0 Å². The van der Waals surface area contributed by atoms with Crippen molar-refractivity contribution in [3.63, 3.8) is 0 Å². The van der Waals surface area contributed by atoms with Crippen LogP contribution in [-0.2, 0) is 0 Å². The van der Waals surface area contributed by atoms with Crippen molar-refractivity contribution in [3.05, 3.63) is 22.2 Å². The molecule has 13 heavy (non-hydrogen) atoms. The maximum atomic E-state index is 5.71. The average molecular weight is 217 g/mol. The van der Waals surface area contributed by atoms with Crippen LogP contribution in [0.5, 0.6) is 0 Å². The number of hydrogen-bond acceptors (Lipinski definition) is 4. The van der Waals surface area contributed by atoms with E-state index >= 15 is 0 Å². The maximum absolute atomic E-state index is 5.71. The Kier molecular flexibility index (Phi) is 2.33. The van der Waals surface area contributed by atoms with E-state index in [0.717, 1.165) is 13.1 Å². The Morgan fingerprint density at radius 3 is 2.46 bits per heavy atom. The molecule has 0 fully saturated rings. The van der Waals surface area contributed by atoms with Crippen LogP contribution >= 0.6 is 23.2 Å². The predicted octanol–water partition coefficient (Wildman–Crippen LogP) is 1.13. The molecule has 4 nitrogen and oxygen atoms in total. The Morgan fingerprint density at radius 1 is 1.23 bits per heavy atom. The molecule has 6 heteroatoms. The molecule has 1 aliphatic heterocycles. The highest BCUT2D eigenvalue weighted by Crippen LogP contribution is 2.12. The first-order chi connectivity index (χ1) is 6.25. The van der Waals surface area contributed by atoms with Gasteiger partial charge in [-0.25, -0.2) is 9.97 Å². The first-order valence-corrected chi connectivity index (χ1v) is 4.50. The van der Waals surface area contributed by atoms with E-state index in [-0.39, 0.29) is 0 Å². The van der Waals surface area contributed by atoms with Crippen molar-refractivity contribution in [2.45, 2.75) is 0 Å². The van der Waals surface area contributed by atoms with Crippen molar-refractivity contribution in [2.24, 2.45) is 4.99 Å². The zero-order valence-electron chi connectivity index (χ0n) is 6.59. The molecule has 1 aliphatic rings. The van der Waals surface area contributed by atoms with Gasteiger partial charge in [-0.3, -0.25) is 4.99 Å². The summed E-state index contributed by atoms with van der Waals surface area (Å²) in [7, 11) is 0. The molecule has 0 saturated carbocycles. The fraction of sp³-hybridized carbons (Fsp3) is 0.286. The molecule has 0 spiro atoms. The third-order valence-electron chi connectivity index (χ3n) is 1.55. The van der Waals surface area contributed by atoms with Gasteiger partial charge in [0, 0.05) is 12.6 Å². The maximum Gasteiger partial charge on any atom is 0.197 e. The third-order valence-corrected chi connectivity index (χ3v) is 1.94. The monoisotopic (exact) mass is 216 g/mol. The molecule has 2 rings (SSSR count). The van der Waals surface area contributed by atoms with Crippen LogP contribution < -0.4 is 5.32 Å². The lowest BCUT2D eigenvalue weighted by Crippen LogP contribution is -2.22. The zero-order valence-corrected chi connectivity index (χ0v) is 8.10. The SMILES string of the molecule is Clc1cc(Cl)nc(C2=NCCN2)n1. The van der Waals surface area contributed by atoms with Crippen LogP contribution in [-0.4, -0.2) is 28.9 Å². The van der Waals surface area contributed by atoms with E-state index in [9.17, 15) is 0 Å². The molecule has 0 amide bonds. The summed E-state index contributed by atoms with van der Waals surface area (Å²) in [6.07, 6.45) is 0. The molecule has 0 atom stereocenters. The minimum atomic E-state index is 0.325. The summed E-state index contributed by atoms with van der Waals surface area (Å²) in [6.45, 7) is 1.55. The van der Waals surface area contributed by atoms with Crippen LogP contribution in [0.1, 0.15) is 5.82 Å². The number of hydrogen-bond donors (Lipinski definition) is 1. The number of aliphatic imine (C=N–C) groups is 1. The highest BCUT2D eigenvalue weighted by Gasteiger charge is 2.12. The predicted molar refractivity (Wildman–Crippen MR) is 51.5 cm³/mol. The molecule has 68 valence electrons. The molecule has 0 saturated heterocycles. The van der Waals surface area contributed by atoms with Crippen molar-refractivity contribution >= 4 is 29.0 Å². The van der Waals surface area contributed by atoms with E-state index in [1.165, 1.54) is 6.07 Å². The largest absolute Gasteiger partial charge is 0.365 e. The van der Waals surface area contributed by atoms with E-state index in [4.69, 9.17) is 23.2 Å². The quantitative estimate of drug-likeness (QED) is 0.717. The summed E-state index contributed by atoms with van der Waals surface area (Å²) in [5.74, 6) is 1.11. The molecule has 1 aromatic heterocycles. The second kappa shape index (κ2) is 3.47. The zero-order chi connectivity index (χ0) is 9.26. The minimum Gasteiger partial charge on any atom is -0.365 e. The molecule has 0 unspecified atom stereocenters. The number of halogens is 2. The second-order valence-electron chi connectivity index (χ2n) is 2.49. The van der Waals surface area contributed by atoms with Gasteiger partial charge in [-0.05, 0) is 0 Å². The van der Waals surface area contributed by atoms with E-state index in [1.54, 1.807) is 0 Å². The van der Waals surface area contributed by atoms with E-state index in [2.05, 4.69) is 20.3 Å². The van der Waals surface area contributed by atoms with Crippen molar-refractivity contribution in [1.29, 1.82) is 0 Å². The lowest BCUT2D eigenvalue weighted by atomic mass is 10.5. The third kappa shape index (κ3) is 1.89. The highest BCUT2D eigenvalue weighted by atomic mass is 35.5. The Morgan fingerprint density at radius 2 is 1.92 bits per heavy atom. The smallest absolute Gasteiger partial charge is 0.197 e. The molecule has 1 aromatic rings. The lowest BCUT2D eigenvalue weighted by molar-refractivity contribution is 0.954. The fourth-order valence-corrected chi connectivity index (χ4v) is 1.47. The first-order valence-electron chi connectivity index (χ1n) is 3.74. The van der Waals surface area contributed by atoms with Gasteiger partial charge in [0.05, 0.1) is 6.54 Å². The normalized spacial score (nSPS) is 15.4. The van der Waals surface area contributed by atoms with Gasteiger partial charge in [-0.15, -0.1) is 0 Å². The molecule has 0 bridgehead atoms. The van der Waals surface area contributed by atoms with Crippen LogP contribution in [0, 0.1) is 0 Å². The van der Waals surface area contributed by atoms with E-state index in [1.807, 2.05) is 0 Å². The summed E-state index contributed by atoms with van der Waals surface area (Å²) in [5.41, 5.74) is 0. The van der Waals surface area contributed by atoms with Gasteiger partial charge in [0.25, 0.3) is 0 Å². The number of nitrogens with zero attached hydrogens (tertiary/aromatic N) is 3. The number of aromatic nitrogens is 2. The highest BCUT2D eigenvalue weighted by molar-refractivity contribution is 6.33. The molecule has 0 radical (unpaired) electrons. The summed E-state index contributed by atoms with van der Waals surface area (Å²) < 4.78 is 0. The molecular weight excluding hydrogens is 211 g/mol. The molecule has 1 N–H and O–H groups in total. The van der Waals surface area contributed by atoms with Gasteiger partial charge < -0.3 is 5.32 Å². The lowest BCUT2D eigenvalue weighted by Gasteiger charge is -2.00. The van der Waals surface area contributed by atoms with Crippen LogP contribution in [0.2, 0.25) is 10.3 Å². The molecule has 0 aliphatic carbocycles. The Balaban J connectivity index is 2.39. The van der Waals surface area contributed by atoms with E-state index in [0.29, 0.717) is 22.0 Å². The Bertz CT molecular complexity index is 343. The Labute approximate surface area is 85.0 Å². The summed E-state index contributed by atoms with van der Waals surface area (Å²) in [5, 5.41) is 3.69. The first kappa shape index (κ1) is 8.72. The number of rotatable bonds is 1. The van der Waals surface area contributed by atoms with Crippen LogP contribution in [0.15, 0.2) is 11.1 Å². The molecule has 2 heterocycles. The Hall–Kier alpha value is -0.870. The van der Waals surface area contributed by atoms with Crippen LogP contribution in [0.25, 0.3) is 0 Å². The molecular formula is C7H6Cl2N4.